The van der Waals surface area contributed by atoms with Crippen molar-refractivity contribution in [3.63, 3.8) is 0 Å². The number of hydrogen-bond donors (Lipinski definition) is 0. The Morgan fingerprint density at radius 3 is 1.92 bits per heavy atom. The van der Waals surface area contributed by atoms with Crippen molar-refractivity contribution in [3.8, 4) is 5.75 Å². The van der Waals surface area contributed by atoms with Crippen molar-refractivity contribution >= 4 is 52.1 Å². The Morgan fingerprint density at radius 2 is 1.36 bits per heavy atom. The summed E-state index contributed by atoms with van der Waals surface area (Å²) in [6.45, 7) is 1.82. The van der Waals surface area contributed by atoms with Crippen LogP contribution in [0.5, 0.6) is 5.75 Å². The maximum Gasteiger partial charge on any atom is 0.374 e. The first kappa shape index (κ1) is 23.2. The molecule has 5 rings (SSSR count). The van der Waals surface area contributed by atoms with Gasteiger partial charge in [0.15, 0.2) is 5.11 Å². The summed E-state index contributed by atoms with van der Waals surface area (Å²) in [6, 6.07) is 24.6. The van der Waals surface area contributed by atoms with Crippen molar-refractivity contribution < 1.29 is 23.9 Å². The molecular weight excluding hydrogens is 476 g/mol. The van der Waals surface area contributed by atoms with E-state index in [1.54, 1.807) is 79.7 Å². The number of allylic oxidation sites excluding steroid dienone is 2. The highest BCUT2D eigenvalue weighted by Crippen LogP contribution is 2.39. The fourth-order valence-electron chi connectivity index (χ4n) is 4.07. The van der Waals surface area contributed by atoms with E-state index < -0.39 is 17.8 Å². The number of rotatable bonds is 4. The zero-order valence-corrected chi connectivity index (χ0v) is 20.0. The molecule has 2 aliphatic heterocycles. The average molecular weight is 497 g/mol. The first-order chi connectivity index (χ1) is 17.5. The molecule has 0 N–H and O–H groups in total. The maximum absolute atomic E-state index is 14.0. The van der Waals surface area contributed by atoms with Gasteiger partial charge in [-0.05, 0) is 55.5 Å². The Balaban J connectivity index is 1.77. The normalized spacial score (nSPS) is 15.4. The van der Waals surface area contributed by atoms with Crippen LogP contribution in [0.1, 0.15) is 12.5 Å². The lowest BCUT2D eigenvalue weighted by molar-refractivity contribution is -0.141. The smallest absolute Gasteiger partial charge is 0.374 e. The summed E-state index contributed by atoms with van der Waals surface area (Å²) in [5.41, 5.74) is 1.62. The lowest BCUT2D eigenvalue weighted by atomic mass is 9.93. The number of para-hydroxylation sites is 3. The minimum absolute atomic E-state index is 0.0293. The predicted octanol–water partition coefficient (Wildman–Crippen LogP) is 4.64. The van der Waals surface area contributed by atoms with Gasteiger partial charge in [0.1, 0.15) is 11.3 Å². The number of benzene rings is 3. The van der Waals surface area contributed by atoms with Crippen LogP contribution in [0.4, 0.5) is 11.4 Å². The van der Waals surface area contributed by atoms with Gasteiger partial charge in [0, 0.05) is 11.1 Å². The Kier molecular flexibility index (Phi) is 6.18. The van der Waals surface area contributed by atoms with E-state index in [1.807, 2.05) is 12.1 Å². The van der Waals surface area contributed by atoms with Crippen molar-refractivity contribution in [1.82, 2.24) is 0 Å². The highest BCUT2D eigenvalue weighted by atomic mass is 32.1. The standard InChI is InChI=1S/C28H20N2O5S/c1-2-34-27(33)23-17-21(20-15-9-10-16-22(20)35-23)24-25(31)29(18-11-5-3-6-12-18)28(36)30(26(24)32)19-13-7-4-8-14-19/h3-17H,2H2,1H3. The van der Waals surface area contributed by atoms with Gasteiger partial charge >= 0.3 is 5.97 Å². The van der Waals surface area contributed by atoms with Crippen LogP contribution in [0.15, 0.2) is 102 Å². The van der Waals surface area contributed by atoms with Gasteiger partial charge in [-0.25, -0.2) is 4.79 Å². The van der Waals surface area contributed by atoms with Crippen LogP contribution in [0.3, 0.4) is 0 Å². The predicted molar refractivity (Wildman–Crippen MR) is 139 cm³/mol. The summed E-state index contributed by atoms with van der Waals surface area (Å²) in [7, 11) is 0. The molecule has 7 nitrogen and oxygen atoms in total. The van der Waals surface area contributed by atoms with Crippen LogP contribution in [0, 0.1) is 0 Å². The van der Waals surface area contributed by atoms with Crippen LogP contribution in [0.25, 0.3) is 5.57 Å². The lowest BCUT2D eigenvalue weighted by Crippen LogP contribution is -2.57. The van der Waals surface area contributed by atoms with E-state index in [9.17, 15) is 14.4 Å². The molecule has 0 spiro atoms. The summed E-state index contributed by atoms with van der Waals surface area (Å²) in [5, 5.41) is 0.0293. The number of nitrogens with zero attached hydrogens (tertiary/aromatic N) is 2. The summed E-state index contributed by atoms with van der Waals surface area (Å²) in [6.07, 6.45) is 1.38. The first-order valence-corrected chi connectivity index (χ1v) is 11.7. The summed E-state index contributed by atoms with van der Waals surface area (Å²) in [4.78, 5) is 43.2. The zero-order valence-electron chi connectivity index (χ0n) is 19.2. The Labute approximate surface area is 212 Å². The number of esters is 1. The number of anilines is 2. The average Bonchev–Trinajstić information content (AvgIpc) is 2.90. The number of carbonyl (C=O) groups is 3. The molecule has 2 heterocycles. The monoisotopic (exact) mass is 496 g/mol. The number of ether oxygens (including phenoxy) is 2. The number of hydrogen-bond acceptors (Lipinski definition) is 6. The third-order valence-electron chi connectivity index (χ3n) is 5.66. The second-order valence-electron chi connectivity index (χ2n) is 7.85. The van der Waals surface area contributed by atoms with E-state index in [2.05, 4.69) is 0 Å². The highest BCUT2D eigenvalue weighted by molar-refractivity contribution is 7.81. The third-order valence-corrected chi connectivity index (χ3v) is 6.03. The molecule has 0 aliphatic carbocycles. The maximum atomic E-state index is 14.0. The molecule has 0 radical (unpaired) electrons. The van der Waals surface area contributed by atoms with E-state index in [1.165, 1.54) is 15.9 Å². The highest BCUT2D eigenvalue weighted by Gasteiger charge is 2.43. The van der Waals surface area contributed by atoms with Gasteiger partial charge < -0.3 is 9.47 Å². The number of fused-ring (bicyclic) bond motifs is 1. The second-order valence-corrected chi connectivity index (χ2v) is 8.22. The molecule has 0 bridgehead atoms. The zero-order chi connectivity index (χ0) is 25.2. The Hall–Kier alpha value is -4.56. The molecule has 2 aliphatic rings. The van der Waals surface area contributed by atoms with Crippen LogP contribution in [-0.4, -0.2) is 29.5 Å². The van der Waals surface area contributed by atoms with E-state index in [-0.39, 0.29) is 28.6 Å². The van der Waals surface area contributed by atoms with Crippen molar-refractivity contribution in [3.05, 3.63) is 108 Å². The van der Waals surface area contributed by atoms with Gasteiger partial charge in [-0.2, -0.15) is 0 Å². The van der Waals surface area contributed by atoms with Crippen LogP contribution in [-0.2, 0) is 19.1 Å². The van der Waals surface area contributed by atoms with Crippen LogP contribution < -0.4 is 14.5 Å². The number of carbonyl (C=O) groups excluding carboxylic acids is 3. The minimum atomic E-state index is -0.698. The van der Waals surface area contributed by atoms with Crippen molar-refractivity contribution in [2.75, 3.05) is 16.4 Å². The largest absolute Gasteiger partial charge is 0.460 e. The van der Waals surface area contributed by atoms with Crippen LogP contribution in [0.2, 0.25) is 0 Å². The van der Waals surface area contributed by atoms with Gasteiger partial charge in [0.25, 0.3) is 11.8 Å². The molecule has 178 valence electrons. The number of amides is 2. The summed E-state index contributed by atoms with van der Waals surface area (Å²) in [5.74, 6) is -1.69. The fourth-order valence-corrected chi connectivity index (χ4v) is 4.45. The molecule has 3 aromatic carbocycles. The quantitative estimate of drug-likeness (QED) is 0.227. The molecule has 1 fully saturated rings. The molecular formula is C28H20N2O5S. The fraction of sp³-hybridized carbons (Fsp3) is 0.0714. The molecule has 0 unspecified atom stereocenters. The molecule has 36 heavy (non-hydrogen) atoms. The van der Waals surface area contributed by atoms with Crippen molar-refractivity contribution in [1.29, 1.82) is 0 Å². The Morgan fingerprint density at radius 1 is 0.833 bits per heavy atom. The molecule has 0 atom stereocenters. The molecule has 0 aromatic heterocycles. The third kappa shape index (κ3) is 3.97. The van der Waals surface area contributed by atoms with Gasteiger partial charge in [0.2, 0.25) is 5.76 Å². The first-order valence-electron chi connectivity index (χ1n) is 11.2. The van der Waals surface area contributed by atoms with Crippen LogP contribution >= 0.6 is 12.2 Å². The lowest BCUT2D eigenvalue weighted by Gasteiger charge is -2.37. The van der Waals surface area contributed by atoms with Gasteiger partial charge in [-0.3, -0.25) is 19.4 Å². The molecule has 8 heteroatoms. The van der Waals surface area contributed by atoms with Crippen molar-refractivity contribution in [2.24, 2.45) is 0 Å². The molecule has 2 amide bonds. The number of thiocarbonyl (C=S) groups is 1. The SMILES string of the molecule is CCOC(=O)C1=CC(=C2C(=O)N(c3ccccc3)C(=S)N(c3ccccc3)C2=O)c2ccccc2O1. The van der Waals surface area contributed by atoms with Gasteiger partial charge in [-0.1, -0.05) is 54.6 Å². The second kappa shape index (κ2) is 9.59. The van der Waals surface area contributed by atoms with E-state index >= 15 is 0 Å². The molecule has 0 saturated carbocycles. The molecule has 3 aromatic rings. The summed E-state index contributed by atoms with van der Waals surface area (Å²) < 4.78 is 10.9. The topological polar surface area (TPSA) is 76.2 Å². The molecule has 1 saturated heterocycles. The minimum Gasteiger partial charge on any atom is -0.460 e. The van der Waals surface area contributed by atoms with Gasteiger partial charge in [-0.15, -0.1) is 0 Å². The van der Waals surface area contributed by atoms with Gasteiger partial charge in [0.05, 0.1) is 18.0 Å². The van der Waals surface area contributed by atoms with Crippen molar-refractivity contribution in [2.45, 2.75) is 6.92 Å². The Bertz CT molecular complexity index is 1380. The van der Waals surface area contributed by atoms with E-state index in [4.69, 9.17) is 21.7 Å². The van der Waals surface area contributed by atoms with E-state index in [0.717, 1.165) is 0 Å². The summed E-state index contributed by atoms with van der Waals surface area (Å²) >= 11 is 5.67. The van der Waals surface area contributed by atoms with E-state index in [0.29, 0.717) is 22.7 Å².